The van der Waals surface area contributed by atoms with E-state index in [1.54, 1.807) is 7.11 Å². The molecule has 0 aliphatic carbocycles. The molecule has 1 aliphatic rings. The number of hydrogen-bond donors (Lipinski definition) is 0. The van der Waals surface area contributed by atoms with Crippen molar-refractivity contribution in [2.75, 3.05) is 20.2 Å². The van der Waals surface area contributed by atoms with Gasteiger partial charge in [-0.25, -0.2) is 4.98 Å². The van der Waals surface area contributed by atoms with Gasteiger partial charge in [0.05, 0.1) is 7.11 Å². The van der Waals surface area contributed by atoms with Crippen LogP contribution in [-0.4, -0.2) is 35.6 Å². The molecule has 1 aromatic heterocycles. The molecule has 18 heavy (non-hydrogen) atoms. The quantitative estimate of drug-likeness (QED) is 0.822. The maximum atomic E-state index is 5.08. The Kier molecular flexibility index (Phi) is 3.37. The minimum Gasteiger partial charge on any atom is -0.481 e. The second-order valence-corrected chi connectivity index (χ2v) is 6.72. The molecule has 0 saturated carbocycles. The van der Waals surface area contributed by atoms with E-state index < -0.39 is 0 Å². The molecule has 2 rings (SSSR count). The molecule has 2 heterocycles. The van der Waals surface area contributed by atoms with Gasteiger partial charge in [-0.15, -0.1) is 0 Å². The second-order valence-electron chi connectivity index (χ2n) is 6.72. The zero-order chi connectivity index (χ0) is 13.4. The smallest absolute Gasteiger partial charge is 0.212 e. The molecule has 0 atom stereocenters. The van der Waals surface area contributed by atoms with Gasteiger partial charge in [0.25, 0.3) is 0 Å². The van der Waals surface area contributed by atoms with Gasteiger partial charge in [-0.2, -0.15) is 0 Å². The first-order valence-corrected chi connectivity index (χ1v) is 6.56. The third kappa shape index (κ3) is 2.83. The van der Waals surface area contributed by atoms with E-state index in [0.29, 0.717) is 11.3 Å². The summed E-state index contributed by atoms with van der Waals surface area (Å²) in [7, 11) is 1.65. The molecular formula is C15H24N2O. The largest absolute Gasteiger partial charge is 0.481 e. The fourth-order valence-electron chi connectivity index (χ4n) is 2.59. The van der Waals surface area contributed by atoms with Crippen LogP contribution in [0.15, 0.2) is 18.3 Å². The lowest BCUT2D eigenvalue weighted by Gasteiger charge is -2.54. The summed E-state index contributed by atoms with van der Waals surface area (Å²) in [5.74, 6) is 0.689. The lowest BCUT2D eigenvalue weighted by atomic mass is 9.74. The van der Waals surface area contributed by atoms with Gasteiger partial charge in [-0.1, -0.05) is 13.0 Å². The molecule has 3 heteroatoms. The van der Waals surface area contributed by atoms with Crippen molar-refractivity contribution in [1.82, 2.24) is 9.88 Å². The van der Waals surface area contributed by atoms with Crippen LogP contribution in [0.1, 0.15) is 33.3 Å². The molecule has 100 valence electrons. The lowest BCUT2D eigenvalue weighted by molar-refractivity contribution is -0.0475. The Labute approximate surface area is 110 Å². The van der Waals surface area contributed by atoms with Crippen molar-refractivity contribution < 1.29 is 4.74 Å². The number of rotatable bonds is 3. The molecule has 1 aliphatic heterocycles. The van der Waals surface area contributed by atoms with Gasteiger partial charge >= 0.3 is 0 Å². The summed E-state index contributed by atoms with van der Waals surface area (Å²) in [4.78, 5) is 6.80. The van der Waals surface area contributed by atoms with E-state index in [1.165, 1.54) is 18.7 Å². The van der Waals surface area contributed by atoms with E-state index in [9.17, 15) is 0 Å². The summed E-state index contributed by atoms with van der Waals surface area (Å²) in [6.07, 6.45) is 3.03. The van der Waals surface area contributed by atoms with Crippen LogP contribution in [0.5, 0.6) is 5.88 Å². The molecule has 0 N–H and O–H groups in total. The molecule has 1 fully saturated rings. The number of ether oxygens (including phenoxy) is 1. The Balaban J connectivity index is 1.94. The van der Waals surface area contributed by atoms with E-state index in [2.05, 4.69) is 43.6 Å². The standard InChI is InChI=1S/C15H24N2O/c1-14(2,3)17-10-15(4,11-17)8-12-6-7-13(18-5)16-9-12/h6-7,9H,8,10-11H2,1-5H3. The number of nitrogens with zero attached hydrogens (tertiary/aromatic N) is 2. The third-order valence-corrected chi connectivity index (χ3v) is 3.73. The van der Waals surface area contributed by atoms with Crippen molar-refractivity contribution in [2.24, 2.45) is 5.41 Å². The van der Waals surface area contributed by atoms with Gasteiger partial charge in [0.2, 0.25) is 5.88 Å². The highest BCUT2D eigenvalue weighted by Crippen LogP contribution is 2.37. The summed E-state index contributed by atoms with van der Waals surface area (Å²) in [5.41, 5.74) is 1.98. The predicted molar refractivity (Wildman–Crippen MR) is 73.9 cm³/mol. The highest BCUT2D eigenvalue weighted by molar-refractivity contribution is 5.20. The van der Waals surface area contributed by atoms with Crippen molar-refractivity contribution in [2.45, 2.75) is 39.7 Å². The highest BCUT2D eigenvalue weighted by atomic mass is 16.5. The van der Waals surface area contributed by atoms with Crippen LogP contribution in [-0.2, 0) is 6.42 Å². The average molecular weight is 248 g/mol. The van der Waals surface area contributed by atoms with Gasteiger partial charge in [0.15, 0.2) is 0 Å². The van der Waals surface area contributed by atoms with Crippen molar-refractivity contribution in [3.8, 4) is 5.88 Å². The first-order chi connectivity index (χ1) is 8.32. The van der Waals surface area contributed by atoms with Gasteiger partial charge in [-0.05, 0) is 38.2 Å². The third-order valence-electron chi connectivity index (χ3n) is 3.73. The number of pyridine rings is 1. The predicted octanol–water partition coefficient (Wildman–Crippen LogP) is 2.75. The summed E-state index contributed by atoms with van der Waals surface area (Å²) < 4.78 is 5.08. The molecule has 0 radical (unpaired) electrons. The van der Waals surface area contributed by atoms with Crippen LogP contribution < -0.4 is 4.74 Å². The van der Waals surface area contributed by atoms with Crippen LogP contribution in [0.2, 0.25) is 0 Å². The van der Waals surface area contributed by atoms with Crippen LogP contribution >= 0.6 is 0 Å². The van der Waals surface area contributed by atoms with E-state index in [4.69, 9.17) is 4.74 Å². The van der Waals surface area contributed by atoms with Crippen molar-refractivity contribution in [3.63, 3.8) is 0 Å². The Morgan fingerprint density at radius 3 is 2.44 bits per heavy atom. The Morgan fingerprint density at radius 1 is 1.33 bits per heavy atom. The number of likely N-dealkylation sites (tertiary alicyclic amines) is 1. The van der Waals surface area contributed by atoms with Crippen LogP contribution in [0.4, 0.5) is 0 Å². The van der Waals surface area contributed by atoms with Crippen molar-refractivity contribution >= 4 is 0 Å². The summed E-state index contributed by atoms with van der Waals surface area (Å²) in [6.45, 7) is 11.5. The Hall–Kier alpha value is -1.09. The summed E-state index contributed by atoms with van der Waals surface area (Å²) in [6, 6.07) is 4.07. The van der Waals surface area contributed by atoms with Crippen LogP contribution in [0.25, 0.3) is 0 Å². The Bertz CT molecular complexity index is 399. The van der Waals surface area contributed by atoms with Crippen LogP contribution in [0.3, 0.4) is 0 Å². The molecule has 0 spiro atoms. The van der Waals surface area contributed by atoms with E-state index in [0.717, 1.165) is 6.42 Å². The van der Waals surface area contributed by atoms with Crippen molar-refractivity contribution in [1.29, 1.82) is 0 Å². The van der Waals surface area contributed by atoms with Crippen LogP contribution in [0, 0.1) is 5.41 Å². The van der Waals surface area contributed by atoms with Gasteiger partial charge < -0.3 is 4.74 Å². The minimum atomic E-state index is 0.289. The molecule has 0 amide bonds. The fraction of sp³-hybridized carbons (Fsp3) is 0.667. The number of aromatic nitrogens is 1. The molecule has 0 unspecified atom stereocenters. The normalized spacial score (nSPS) is 19.4. The van der Waals surface area contributed by atoms with Crippen molar-refractivity contribution in [3.05, 3.63) is 23.9 Å². The molecule has 1 saturated heterocycles. The minimum absolute atomic E-state index is 0.289. The first-order valence-electron chi connectivity index (χ1n) is 6.56. The van der Waals surface area contributed by atoms with E-state index in [-0.39, 0.29) is 5.54 Å². The van der Waals surface area contributed by atoms with Gasteiger partial charge in [-0.3, -0.25) is 4.90 Å². The maximum absolute atomic E-state index is 5.08. The SMILES string of the molecule is COc1ccc(CC2(C)CN(C(C)(C)C)C2)cn1. The van der Waals surface area contributed by atoms with Gasteiger partial charge in [0.1, 0.15) is 0 Å². The zero-order valence-corrected chi connectivity index (χ0v) is 12.2. The second kappa shape index (κ2) is 4.54. The molecule has 1 aromatic rings. The number of methoxy groups -OCH3 is 1. The average Bonchev–Trinajstić information content (AvgIpc) is 2.25. The molecule has 0 bridgehead atoms. The highest BCUT2D eigenvalue weighted by Gasteiger charge is 2.43. The first kappa shape index (κ1) is 13.3. The summed E-state index contributed by atoms with van der Waals surface area (Å²) >= 11 is 0. The maximum Gasteiger partial charge on any atom is 0.212 e. The molecule has 3 nitrogen and oxygen atoms in total. The molecule has 0 aromatic carbocycles. The number of hydrogen-bond acceptors (Lipinski definition) is 3. The summed E-state index contributed by atoms with van der Waals surface area (Å²) in [5, 5.41) is 0. The van der Waals surface area contributed by atoms with E-state index in [1.807, 2.05) is 12.3 Å². The van der Waals surface area contributed by atoms with Gasteiger partial charge in [0, 0.05) is 30.9 Å². The fourth-order valence-corrected chi connectivity index (χ4v) is 2.59. The zero-order valence-electron chi connectivity index (χ0n) is 12.2. The Morgan fingerprint density at radius 2 is 2.00 bits per heavy atom. The monoisotopic (exact) mass is 248 g/mol. The lowest BCUT2D eigenvalue weighted by Crippen LogP contribution is -2.62. The topological polar surface area (TPSA) is 25.4 Å². The van der Waals surface area contributed by atoms with E-state index >= 15 is 0 Å². The molecular weight excluding hydrogens is 224 g/mol.